The first-order valence-electron chi connectivity index (χ1n) is 9.19. The van der Waals surface area contributed by atoms with Crippen LogP contribution >= 0.6 is 12.2 Å². The lowest BCUT2D eigenvalue weighted by Gasteiger charge is -2.55. The maximum absolute atomic E-state index is 12.8. The molecule has 2 aliphatic rings. The van der Waals surface area contributed by atoms with E-state index in [9.17, 15) is 4.79 Å². The zero-order valence-corrected chi connectivity index (χ0v) is 16.8. The second kappa shape index (κ2) is 6.98. The number of methoxy groups -OCH3 is 1. The van der Waals surface area contributed by atoms with Crippen molar-refractivity contribution in [3.8, 4) is 11.5 Å². The largest absolute Gasteiger partial charge is 0.490 e. The molecule has 2 aromatic rings. The van der Waals surface area contributed by atoms with Gasteiger partial charge in [0.25, 0.3) is 0 Å². The molecule has 0 amide bonds. The lowest BCUT2D eigenvalue weighted by atomic mass is 9.79. The average Bonchev–Trinajstić information content (AvgIpc) is 2.68. The molecule has 0 aromatic heterocycles. The number of ether oxygens (including phenoxy) is 3. The number of anilines is 1. The van der Waals surface area contributed by atoms with Gasteiger partial charge in [-0.1, -0.05) is 30.3 Å². The van der Waals surface area contributed by atoms with Gasteiger partial charge in [-0.2, -0.15) is 0 Å². The number of carbonyl (C=O) groups excluding carboxylic acids is 1. The smallest absolute Gasteiger partial charge is 0.317 e. The van der Waals surface area contributed by atoms with E-state index in [1.54, 1.807) is 0 Å². The molecule has 4 rings (SSSR count). The van der Waals surface area contributed by atoms with Crippen LogP contribution in [0.1, 0.15) is 25.5 Å². The van der Waals surface area contributed by atoms with E-state index < -0.39 is 11.6 Å². The van der Waals surface area contributed by atoms with Crippen LogP contribution < -0.4 is 19.7 Å². The molecule has 6 nitrogen and oxygen atoms in total. The van der Waals surface area contributed by atoms with Crippen molar-refractivity contribution in [2.24, 2.45) is 5.92 Å². The Balaban J connectivity index is 1.92. The number of hydrogen-bond acceptors (Lipinski definition) is 5. The van der Waals surface area contributed by atoms with Crippen LogP contribution in [-0.2, 0) is 9.53 Å². The third kappa shape index (κ3) is 2.69. The Labute approximate surface area is 169 Å². The molecular weight excluding hydrogens is 376 g/mol. The number of hydrogen-bond donors (Lipinski definition) is 1. The highest BCUT2D eigenvalue weighted by Gasteiger charge is 2.60. The van der Waals surface area contributed by atoms with Crippen LogP contribution in [0.25, 0.3) is 0 Å². The molecule has 0 radical (unpaired) electrons. The molecule has 3 atom stereocenters. The van der Waals surface area contributed by atoms with Crippen LogP contribution in [0, 0.1) is 5.92 Å². The van der Waals surface area contributed by atoms with Gasteiger partial charge in [0.2, 0.25) is 5.72 Å². The number of para-hydroxylation sites is 2. The van der Waals surface area contributed by atoms with E-state index in [1.165, 1.54) is 7.11 Å². The van der Waals surface area contributed by atoms with Gasteiger partial charge in [0.1, 0.15) is 5.92 Å². The fourth-order valence-electron chi connectivity index (χ4n) is 4.09. The summed E-state index contributed by atoms with van der Waals surface area (Å²) in [5.74, 6) is 0.264. The summed E-state index contributed by atoms with van der Waals surface area (Å²) in [6.45, 7) is 4.30. The average molecular weight is 398 g/mol. The van der Waals surface area contributed by atoms with Gasteiger partial charge in [-0.3, -0.25) is 9.69 Å². The predicted molar refractivity (Wildman–Crippen MR) is 110 cm³/mol. The number of benzene rings is 2. The minimum absolute atomic E-state index is 0.365. The molecule has 2 aromatic carbocycles. The van der Waals surface area contributed by atoms with E-state index in [-0.39, 0.29) is 12.0 Å². The fourth-order valence-corrected chi connectivity index (χ4v) is 4.51. The Morgan fingerprint density at radius 2 is 2.00 bits per heavy atom. The van der Waals surface area contributed by atoms with E-state index in [0.717, 1.165) is 11.3 Å². The van der Waals surface area contributed by atoms with Crippen LogP contribution in [0.15, 0.2) is 48.5 Å². The highest BCUT2D eigenvalue weighted by atomic mass is 32.1. The van der Waals surface area contributed by atoms with E-state index in [0.29, 0.717) is 23.2 Å². The highest BCUT2D eigenvalue weighted by Crippen LogP contribution is 2.52. The Kier molecular flexibility index (Phi) is 4.63. The second-order valence-electron chi connectivity index (χ2n) is 6.86. The molecule has 0 aliphatic carbocycles. The van der Waals surface area contributed by atoms with Crippen LogP contribution in [0.2, 0.25) is 0 Å². The molecule has 2 aliphatic heterocycles. The van der Waals surface area contributed by atoms with E-state index >= 15 is 0 Å². The zero-order chi connectivity index (χ0) is 19.9. The first-order chi connectivity index (χ1) is 13.5. The third-order valence-electron chi connectivity index (χ3n) is 5.26. The molecule has 1 saturated heterocycles. The third-order valence-corrected chi connectivity index (χ3v) is 5.56. The van der Waals surface area contributed by atoms with Gasteiger partial charge in [-0.15, -0.1) is 0 Å². The topological polar surface area (TPSA) is 60.0 Å². The molecule has 28 heavy (non-hydrogen) atoms. The molecular formula is C21H22N2O4S. The number of nitrogens with one attached hydrogen (secondary N) is 1. The maximum Gasteiger partial charge on any atom is 0.317 e. The van der Waals surface area contributed by atoms with Crippen LogP contribution in [-0.4, -0.2) is 30.5 Å². The predicted octanol–water partition coefficient (Wildman–Crippen LogP) is 3.42. The molecule has 0 saturated carbocycles. The van der Waals surface area contributed by atoms with Crippen molar-refractivity contribution in [1.29, 1.82) is 0 Å². The summed E-state index contributed by atoms with van der Waals surface area (Å²) in [4.78, 5) is 14.7. The van der Waals surface area contributed by atoms with Crippen LogP contribution in [0.3, 0.4) is 0 Å². The normalized spacial score (nSPS) is 25.2. The molecule has 0 unspecified atom stereocenters. The number of carbonyl (C=O) groups is 1. The van der Waals surface area contributed by atoms with E-state index in [4.69, 9.17) is 26.4 Å². The molecule has 2 bridgehead atoms. The Bertz CT molecular complexity index is 920. The summed E-state index contributed by atoms with van der Waals surface area (Å²) in [5.41, 5.74) is 0.572. The molecule has 1 fully saturated rings. The fraction of sp³-hybridized carbons (Fsp3) is 0.333. The minimum atomic E-state index is -1.08. The van der Waals surface area contributed by atoms with Gasteiger partial charge in [0.05, 0.1) is 19.8 Å². The first kappa shape index (κ1) is 18.6. The van der Waals surface area contributed by atoms with Crippen molar-refractivity contribution in [2.75, 3.05) is 18.6 Å². The van der Waals surface area contributed by atoms with Crippen molar-refractivity contribution in [3.05, 3.63) is 54.1 Å². The van der Waals surface area contributed by atoms with E-state index in [2.05, 4.69) is 5.32 Å². The summed E-state index contributed by atoms with van der Waals surface area (Å²) in [5, 5.41) is 3.83. The van der Waals surface area contributed by atoms with Crippen molar-refractivity contribution >= 4 is 29.0 Å². The number of rotatable bonds is 4. The summed E-state index contributed by atoms with van der Waals surface area (Å²) in [6, 6.07) is 14.9. The molecule has 0 spiro atoms. The quantitative estimate of drug-likeness (QED) is 0.625. The molecule has 2 heterocycles. The summed E-state index contributed by atoms with van der Waals surface area (Å²) in [7, 11) is 1.39. The first-order valence-corrected chi connectivity index (χ1v) is 9.60. The van der Waals surface area contributed by atoms with Crippen molar-refractivity contribution in [2.45, 2.75) is 25.6 Å². The zero-order valence-electron chi connectivity index (χ0n) is 16.0. The van der Waals surface area contributed by atoms with Crippen LogP contribution in [0.4, 0.5) is 5.69 Å². The van der Waals surface area contributed by atoms with Gasteiger partial charge in [-0.05, 0) is 44.3 Å². The second-order valence-corrected chi connectivity index (χ2v) is 7.25. The van der Waals surface area contributed by atoms with Gasteiger partial charge in [-0.25, -0.2) is 0 Å². The van der Waals surface area contributed by atoms with Gasteiger partial charge in [0.15, 0.2) is 16.6 Å². The Hall–Kier alpha value is -2.80. The molecule has 7 heteroatoms. The van der Waals surface area contributed by atoms with Gasteiger partial charge >= 0.3 is 5.97 Å². The summed E-state index contributed by atoms with van der Waals surface area (Å²) < 4.78 is 17.4. The van der Waals surface area contributed by atoms with E-state index in [1.807, 2.05) is 67.3 Å². The summed E-state index contributed by atoms with van der Waals surface area (Å²) in [6.07, 6.45) is 0. The number of fused-ring (bicyclic) bond motifs is 4. The standard InChI is InChI=1S/C21H22N2O4S/c1-4-26-15-12-8-11-14-17-16(19(24)25-3)21(2,27-18(14)15)23(20(28)22-17)13-9-6-5-7-10-13/h5-12,16-17H,4H2,1-3H3,(H,22,28)/t16-,17+,21+/m1/s1. The Morgan fingerprint density at radius 1 is 1.25 bits per heavy atom. The van der Waals surface area contributed by atoms with Crippen molar-refractivity contribution in [1.82, 2.24) is 5.32 Å². The van der Waals surface area contributed by atoms with Gasteiger partial charge in [0, 0.05) is 11.3 Å². The number of thiocarbonyl (C=S) groups is 1. The monoisotopic (exact) mass is 398 g/mol. The highest BCUT2D eigenvalue weighted by molar-refractivity contribution is 7.80. The lowest BCUT2D eigenvalue weighted by Crippen LogP contribution is -2.71. The Morgan fingerprint density at radius 3 is 2.68 bits per heavy atom. The maximum atomic E-state index is 12.8. The number of esters is 1. The molecule has 146 valence electrons. The molecule has 1 N–H and O–H groups in total. The summed E-state index contributed by atoms with van der Waals surface area (Å²) >= 11 is 5.68. The van der Waals surface area contributed by atoms with Crippen LogP contribution in [0.5, 0.6) is 11.5 Å². The van der Waals surface area contributed by atoms with Crippen molar-refractivity contribution < 1.29 is 19.0 Å². The lowest BCUT2D eigenvalue weighted by molar-refractivity contribution is -0.157. The minimum Gasteiger partial charge on any atom is -0.490 e. The number of nitrogens with zero attached hydrogens (tertiary/aromatic N) is 1. The van der Waals surface area contributed by atoms with Gasteiger partial charge < -0.3 is 19.5 Å². The SMILES string of the molecule is CCOc1cccc2c1O[C@@]1(C)[C@@H](C(=O)OC)[C@H]2NC(=S)N1c1ccccc1. The van der Waals surface area contributed by atoms with Crippen molar-refractivity contribution in [3.63, 3.8) is 0 Å².